The lowest BCUT2D eigenvalue weighted by atomic mass is 10.1. The molecule has 6 nitrogen and oxygen atoms in total. The highest BCUT2D eigenvalue weighted by Gasteiger charge is 2.18. The lowest BCUT2D eigenvalue weighted by Gasteiger charge is -2.11. The van der Waals surface area contributed by atoms with Crippen LogP contribution in [0.5, 0.6) is 5.75 Å². The number of hydrogen-bond acceptors (Lipinski definition) is 4. The third-order valence-corrected chi connectivity index (χ3v) is 4.07. The molecule has 0 unspecified atom stereocenters. The summed E-state index contributed by atoms with van der Waals surface area (Å²) in [6.07, 6.45) is 0. The summed E-state index contributed by atoms with van der Waals surface area (Å²) in [6, 6.07) is 7.26. The number of primary sulfonamides is 1. The summed E-state index contributed by atoms with van der Waals surface area (Å²) in [7, 11) is -2.69. The number of methoxy groups -OCH3 is 1. The second-order valence-electron chi connectivity index (χ2n) is 4.49. The first-order valence-electron chi connectivity index (χ1n) is 6.19. The first kappa shape index (κ1) is 17.2. The fourth-order valence-electron chi connectivity index (χ4n) is 1.82. The van der Waals surface area contributed by atoms with Gasteiger partial charge in [-0.15, -0.1) is 0 Å². The molecule has 0 saturated carbocycles. The fraction of sp³-hybridized carbons (Fsp3) is 0.0714. The molecule has 0 fully saturated rings. The van der Waals surface area contributed by atoms with Crippen LogP contribution in [-0.2, 0) is 10.0 Å². The molecule has 0 atom stereocenters. The molecule has 2 aromatic carbocycles. The van der Waals surface area contributed by atoms with Crippen LogP contribution < -0.4 is 15.2 Å². The number of carbonyl (C=O) groups excluding carboxylic acids is 1. The van der Waals surface area contributed by atoms with Gasteiger partial charge in [-0.1, -0.05) is 11.6 Å². The van der Waals surface area contributed by atoms with Crippen LogP contribution in [0.4, 0.5) is 10.1 Å². The van der Waals surface area contributed by atoms with Gasteiger partial charge in [0.2, 0.25) is 10.0 Å². The maximum atomic E-state index is 13.7. The van der Waals surface area contributed by atoms with Crippen LogP contribution >= 0.6 is 11.6 Å². The van der Waals surface area contributed by atoms with Crippen molar-refractivity contribution < 1.29 is 22.3 Å². The van der Waals surface area contributed by atoms with Crippen molar-refractivity contribution in [3.63, 3.8) is 0 Å². The van der Waals surface area contributed by atoms with E-state index in [0.29, 0.717) is 0 Å². The SMILES string of the molecule is COc1ccc(S(N)(=O)=O)cc1C(=O)Nc1ccc(Cl)cc1F. The van der Waals surface area contributed by atoms with Crippen molar-refractivity contribution in [3.8, 4) is 5.75 Å². The molecule has 0 spiro atoms. The van der Waals surface area contributed by atoms with Crippen molar-refractivity contribution in [2.75, 3.05) is 12.4 Å². The van der Waals surface area contributed by atoms with Crippen LogP contribution in [0.3, 0.4) is 0 Å². The van der Waals surface area contributed by atoms with Crippen LogP contribution in [0.2, 0.25) is 5.02 Å². The predicted molar refractivity (Wildman–Crippen MR) is 83.7 cm³/mol. The summed E-state index contributed by atoms with van der Waals surface area (Å²) < 4.78 is 41.5. The van der Waals surface area contributed by atoms with Crippen molar-refractivity contribution in [1.82, 2.24) is 0 Å². The Morgan fingerprint density at radius 2 is 1.96 bits per heavy atom. The number of benzene rings is 2. The molecule has 1 amide bonds. The van der Waals surface area contributed by atoms with Crippen LogP contribution in [0.15, 0.2) is 41.3 Å². The number of nitrogens with one attached hydrogen (secondary N) is 1. The minimum absolute atomic E-state index is 0.103. The molecular formula is C14H12ClFN2O4S. The van der Waals surface area contributed by atoms with E-state index >= 15 is 0 Å². The summed E-state index contributed by atoms with van der Waals surface area (Å²) in [5, 5.41) is 7.53. The summed E-state index contributed by atoms with van der Waals surface area (Å²) in [6.45, 7) is 0. The predicted octanol–water partition coefficient (Wildman–Crippen LogP) is 2.39. The highest BCUT2D eigenvalue weighted by Crippen LogP contribution is 2.25. The zero-order valence-corrected chi connectivity index (χ0v) is 13.4. The van der Waals surface area contributed by atoms with Gasteiger partial charge in [-0.3, -0.25) is 4.79 Å². The Morgan fingerprint density at radius 1 is 1.26 bits per heavy atom. The molecule has 0 bridgehead atoms. The highest BCUT2D eigenvalue weighted by molar-refractivity contribution is 7.89. The average molecular weight is 359 g/mol. The summed E-state index contributed by atoms with van der Waals surface area (Å²) >= 11 is 5.64. The number of anilines is 1. The minimum Gasteiger partial charge on any atom is -0.496 e. The molecular weight excluding hydrogens is 347 g/mol. The zero-order chi connectivity index (χ0) is 17.2. The number of nitrogens with two attached hydrogens (primary N) is 1. The molecule has 0 aliphatic rings. The Kier molecular flexibility index (Phi) is 4.88. The summed E-state index contributed by atoms with van der Waals surface area (Å²) in [5.41, 5.74) is -0.212. The molecule has 0 aliphatic carbocycles. The molecule has 122 valence electrons. The number of carbonyl (C=O) groups is 1. The van der Waals surface area contributed by atoms with Crippen molar-refractivity contribution in [2.45, 2.75) is 4.90 Å². The van der Waals surface area contributed by atoms with Crippen LogP contribution in [-0.4, -0.2) is 21.4 Å². The van der Waals surface area contributed by atoms with E-state index in [1.54, 1.807) is 0 Å². The summed E-state index contributed by atoms with van der Waals surface area (Å²) in [4.78, 5) is 12.0. The van der Waals surface area contributed by atoms with Gasteiger partial charge in [0.15, 0.2) is 0 Å². The zero-order valence-electron chi connectivity index (χ0n) is 11.8. The standard InChI is InChI=1S/C14H12ClFN2O4S/c1-22-13-5-3-9(23(17,20)21)7-10(13)14(19)18-12-4-2-8(15)6-11(12)16/h2-7H,1H3,(H,18,19)(H2,17,20,21). The van der Waals surface area contributed by atoms with E-state index in [9.17, 15) is 17.6 Å². The third kappa shape index (κ3) is 3.98. The van der Waals surface area contributed by atoms with E-state index in [0.717, 1.165) is 12.1 Å². The number of ether oxygens (including phenoxy) is 1. The maximum Gasteiger partial charge on any atom is 0.259 e. The van der Waals surface area contributed by atoms with Crippen LogP contribution in [0.25, 0.3) is 0 Å². The number of rotatable bonds is 4. The van der Waals surface area contributed by atoms with Gasteiger partial charge in [0.25, 0.3) is 5.91 Å². The number of sulfonamides is 1. The van der Waals surface area contributed by atoms with Gasteiger partial charge in [-0.25, -0.2) is 17.9 Å². The largest absolute Gasteiger partial charge is 0.496 e. The third-order valence-electron chi connectivity index (χ3n) is 2.92. The van der Waals surface area contributed by atoms with E-state index in [-0.39, 0.29) is 26.9 Å². The van der Waals surface area contributed by atoms with Crippen molar-refractivity contribution in [1.29, 1.82) is 0 Å². The van der Waals surface area contributed by atoms with Gasteiger partial charge < -0.3 is 10.1 Å². The van der Waals surface area contributed by atoms with Crippen molar-refractivity contribution in [3.05, 3.63) is 52.8 Å². The molecule has 23 heavy (non-hydrogen) atoms. The number of hydrogen-bond donors (Lipinski definition) is 2. The second-order valence-corrected chi connectivity index (χ2v) is 6.48. The van der Waals surface area contributed by atoms with Crippen LogP contribution in [0, 0.1) is 5.82 Å². The second kappa shape index (κ2) is 6.53. The molecule has 9 heteroatoms. The highest BCUT2D eigenvalue weighted by atomic mass is 35.5. The van der Waals surface area contributed by atoms with E-state index < -0.39 is 21.7 Å². The van der Waals surface area contributed by atoms with E-state index in [4.69, 9.17) is 21.5 Å². The molecule has 0 radical (unpaired) electrons. The van der Waals surface area contributed by atoms with Gasteiger partial charge in [-0.2, -0.15) is 0 Å². The average Bonchev–Trinajstić information content (AvgIpc) is 2.48. The molecule has 0 aliphatic heterocycles. The molecule has 2 aromatic rings. The lowest BCUT2D eigenvalue weighted by molar-refractivity contribution is 0.102. The van der Waals surface area contributed by atoms with Gasteiger partial charge in [-0.05, 0) is 36.4 Å². The van der Waals surface area contributed by atoms with Gasteiger partial charge in [0.1, 0.15) is 11.6 Å². The molecule has 0 heterocycles. The van der Waals surface area contributed by atoms with Crippen molar-refractivity contribution >= 4 is 33.2 Å². The molecule has 3 N–H and O–H groups in total. The smallest absolute Gasteiger partial charge is 0.259 e. The molecule has 0 saturated heterocycles. The fourth-order valence-corrected chi connectivity index (χ4v) is 2.52. The Hall–Kier alpha value is -2.16. The Balaban J connectivity index is 2.41. The van der Waals surface area contributed by atoms with Gasteiger partial charge >= 0.3 is 0 Å². The van der Waals surface area contributed by atoms with E-state index in [1.165, 1.54) is 31.4 Å². The normalized spacial score (nSPS) is 11.1. The quantitative estimate of drug-likeness (QED) is 0.876. The lowest BCUT2D eigenvalue weighted by Crippen LogP contribution is -2.17. The molecule has 2 rings (SSSR count). The maximum absolute atomic E-state index is 13.7. The first-order chi connectivity index (χ1) is 10.7. The van der Waals surface area contributed by atoms with Crippen LogP contribution in [0.1, 0.15) is 10.4 Å². The first-order valence-corrected chi connectivity index (χ1v) is 8.12. The van der Waals surface area contributed by atoms with Gasteiger partial charge in [0.05, 0.1) is 23.3 Å². The van der Waals surface area contributed by atoms with E-state index in [1.807, 2.05) is 0 Å². The number of amides is 1. The molecule has 0 aromatic heterocycles. The van der Waals surface area contributed by atoms with Crippen molar-refractivity contribution in [2.24, 2.45) is 5.14 Å². The summed E-state index contributed by atoms with van der Waals surface area (Å²) in [5.74, 6) is -1.37. The van der Waals surface area contributed by atoms with E-state index in [2.05, 4.69) is 5.32 Å². The Morgan fingerprint density at radius 3 is 2.52 bits per heavy atom. The Labute approximate surface area is 137 Å². The topological polar surface area (TPSA) is 98.5 Å². The minimum atomic E-state index is -4.00. The monoisotopic (exact) mass is 358 g/mol. The number of halogens is 2. The van der Waals surface area contributed by atoms with Gasteiger partial charge in [0, 0.05) is 5.02 Å². The Bertz CT molecular complexity index is 871.